The highest BCUT2D eigenvalue weighted by Crippen LogP contribution is 2.31. The van der Waals surface area contributed by atoms with Gasteiger partial charge in [0.2, 0.25) is 0 Å². The molecule has 0 aliphatic heterocycles. The summed E-state index contributed by atoms with van der Waals surface area (Å²) in [6.07, 6.45) is -0.169. The maximum absolute atomic E-state index is 13.6. The van der Waals surface area contributed by atoms with Crippen molar-refractivity contribution in [2.24, 2.45) is 5.73 Å². The Labute approximate surface area is 98.6 Å². The van der Waals surface area contributed by atoms with Crippen LogP contribution in [0.1, 0.15) is 18.9 Å². The van der Waals surface area contributed by atoms with Crippen LogP contribution < -0.4 is 5.73 Å². The van der Waals surface area contributed by atoms with Gasteiger partial charge >= 0.3 is 5.97 Å². The van der Waals surface area contributed by atoms with E-state index in [-0.39, 0.29) is 18.5 Å². The molecule has 1 atom stereocenters. The lowest BCUT2D eigenvalue weighted by Gasteiger charge is -2.28. The lowest BCUT2D eigenvalue weighted by Crippen LogP contribution is -2.36. The topological polar surface area (TPSA) is 52.3 Å². The van der Waals surface area contributed by atoms with E-state index in [9.17, 15) is 13.6 Å². The van der Waals surface area contributed by atoms with Crippen molar-refractivity contribution in [1.82, 2.24) is 0 Å². The first-order chi connectivity index (χ1) is 7.94. The fourth-order valence-electron chi connectivity index (χ4n) is 1.73. The highest BCUT2D eigenvalue weighted by atomic mass is 19.1. The second kappa shape index (κ2) is 5.23. The molecule has 1 rings (SSSR count). The van der Waals surface area contributed by atoms with Gasteiger partial charge < -0.3 is 10.5 Å². The van der Waals surface area contributed by atoms with Crippen LogP contribution in [-0.4, -0.2) is 19.6 Å². The molecule has 1 aromatic rings. The summed E-state index contributed by atoms with van der Waals surface area (Å²) in [6, 6.07) is 3.55. The van der Waals surface area contributed by atoms with Gasteiger partial charge in [-0.25, -0.2) is 8.78 Å². The molecule has 0 aromatic heterocycles. The van der Waals surface area contributed by atoms with Crippen molar-refractivity contribution in [3.63, 3.8) is 0 Å². The van der Waals surface area contributed by atoms with Gasteiger partial charge in [0.1, 0.15) is 11.6 Å². The van der Waals surface area contributed by atoms with Gasteiger partial charge in [-0.2, -0.15) is 0 Å². The smallest absolute Gasteiger partial charge is 0.306 e. The number of nitrogens with two attached hydrogens (primary N) is 1. The van der Waals surface area contributed by atoms with E-state index in [0.29, 0.717) is 0 Å². The summed E-state index contributed by atoms with van der Waals surface area (Å²) in [5, 5.41) is 0. The van der Waals surface area contributed by atoms with Crippen LogP contribution >= 0.6 is 0 Å². The highest BCUT2D eigenvalue weighted by molar-refractivity contribution is 5.71. The number of rotatable bonds is 4. The molecule has 1 aromatic carbocycles. The maximum Gasteiger partial charge on any atom is 0.306 e. The van der Waals surface area contributed by atoms with Crippen molar-refractivity contribution in [3.8, 4) is 0 Å². The summed E-state index contributed by atoms with van der Waals surface area (Å²) in [4.78, 5) is 11.3. The van der Waals surface area contributed by atoms with Crippen molar-refractivity contribution < 1.29 is 18.3 Å². The molecule has 0 aliphatic carbocycles. The molecule has 0 spiro atoms. The second-order valence-corrected chi connectivity index (χ2v) is 4.11. The summed E-state index contributed by atoms with van der Waals surface area (Å²) < 4.78 is 31.8. The van der Waals surface area contributed by atoms with Gasteiger partial charge in [-0.1, -0.05) is 13.0 Å². The van der Waals surface area contributed by atoms with Crippen molar-refractivity contribution in [3.05, 3.63) is 35.4 Å². The van der Waals surface area contributed by atoms with Crippen LogP contribution in [0.2, 0.25) is 0 Å². The monoisotopic (exact) mass is 243 g/mol. The van der Waals surface area contributed by atoms with E-state index in [0.717, 1.165) is 12.1 Å². The van der Waals surface area contributed by atoms with Crippen LogP contribution in [0.3, 0.4) is 0 Å². The van der Waals surface area contributed by atoms with E-state index < -0.39 is 23.0 Å². The Morgan fingerprint density at radius 3 is 2.35 bits per heavy atom. The quantitative estimate of drug-likeness (QED) is 0.819. The fourth-order valence-corrected chi connectivity index (χ4v) is 1.73. The molecular weight excluding hydrogens is 228 g/mol. The zero-order valence-corrected chi connectivity index (χ0v) is 9.80. The first-order valence-corrected chi connectivity index (χ1v) is 5.16. The Hall–Kier alpha value is -1.49. The van der Waals surface area contributed by atoms with E-state index in [1.165, 1.54) is 20.1 Å². The van der Waals surface area contributed by atoms with Gasteiger partial charge in [-0.05, 0) is 12.1 Å². The van der Waals surface area contributed by atoms with Gasteiger partial charge in [0.05, 0.1) is 13.5 Å². The molecule has 3 nitrogen and oxygen atoms in total. The number of ether oxygens (including phenoxy) is 1. The van der Waals surface area contributed by atoms with Crippen LogP contribution in [-0.2, 0) is 14.9 Å². The average molecular weight is 243 g/mol. The molecule has 1 unspecified atom stereocenters. The summed E-state index contributed by atoms with van der Waals surface area (Å²) in [7, 11) is 1.22. The third-order valence-corrected chi connectivity index (χ3v) is 2.78. The normalized spacial score (nSPS) is 14.2. The molecule has 0 aliphatic rings. The number of halogens is 2. The molecule has 5 heteroatoms. The molecule has 0 fully saturated rings. The van der Waals surface area contributed by atoms with Gasteiger partial charge in [0, 0.05) is 17.5 Å². The lowest BCUT2D eigenvalue weighted by atomic mass is 9.79. The Morgan fingerprint density at radius 1 is 1.41 bits per heavy atom. The number of hydrogen-bond donors (Lipinski definition) is 1. The predicted octanol–water partition coefficient (Wildman–Crippen LogP) is 1.74. The summed E-state index contributed by atoms with van der Waals surface area (Å²) in [5.74, 6) is -1.97. The first-order valence-electron chi connectivity index (χ1n) is 5.16. The van der Waals surface area contributed by atoms with Gasteiger partial charge in [-0.15, -0.1) is 0 Å². The highest BCUT2D eigenvalue weighted by Gasteiger charge is 2.34. The third kappa shape index (κ3) is 2.79. The fraction of sp³-hybridized carbons (Fsp3) is 0.417. The molecule has 0 heterocycles. The van der Waals surface area contributed by atoms with E-state index in [4.69, 9.17) is 5.73 Å². The van der Waals surface area contributed by atoms with Crippen LogP contribution in [0.15, 0.2) is 18.2 Å². The van der Waals surface area contributed by atoms with Gasteiger partial charge in [0.25, 0.3) is 0 Å². The van der Waals surface area contributed by atoms with Crippen molar-refractivity contribution in [2.75, 3.05) is 13.7 Å². The van der Waals surface area contributed by atoms with Crippen LogP contribution in [0.4, 0.5) is 8.78 Å². The zero-order chi connectivity index (χ0) is 13.1. The minimum atomic E-state index is -1.11. The molecule has 0 radical (unpaired) electrons. The Morgan fingerprint density at radius 2 is 1.94 bits per heavy atom. The molecule has 0 saturated heterocycles. The van der Waals surface area contributed by atoms with E-state index >= 15 is 0 Å². The largest absolute Gasteiger partial charge is 0.469 e. The van der Waals surface area contributed by atoms with Crippen LogP contribution in [0, 0.1) is 11.6 Å². The molecule has 0 bridgehead atoms. The predicted molar refractivity (Wildman–Crippen MR) is 59.4 cm³/mol. The summed E-state index contributed by atoms with van der Waals surface area (Å²) in [5.41, 5.74) is 4.26. The van der Waals surface area contributed by atoms with Crippen LogP contribution in [0.5, 0.6) is 0 Å². The molecule has 0 saturated carbocycles. The minimum Gasteiger partial charge on any atom is -0.469 e. The number of methoxy groups -OCH3 is 1. The third-order valence-electron chi connectivity index (χ3n) is 2.78. The molecular formula is C12H15F2NO2. The Bertz CT molecular complexity index is 403. The number of carbonyl (C=O) groups is 1. The number of esters is 1. The second-order valence-electron chi connectivity index (χ2n) is 4.11. The van der Waals surface area contributed by atoms with Gasteiger partial charge in [0.15, 0.2) is 0 Å². The Kier molecular flexibility index (Phi) is 4.17. The first kappa shape index (κ1) is 13.6. The number of carbonyl (C=O) groups excluding carboxylic acids is 1. The Balaban J connectivity index is 3.20. The van der Waals surface area contributed by atoms with Crippen LogP contribution in [0.25, 0.3) is 0 Å². The van der Waals surface area contributed by atoms with E-state index in [1.807, 2.05) is 0 Å². The van der Waals surface area contributed by atoms with Crippen molar-refractivity contribution in [2.45, 2.75) is 18.8 Å². The zero-order valence-electron chi connectivity index (χ0n) is 9.80. The SMILES string of the molecule is COC(=O)CC(C)(CN)c1c(F)cccc1F. The molecule has 2 N–H and O–H groups in total. The standard InChI is InChI=1S/C12H15F2NO2/c1-12(7-15,6-10(16)17-2)11-8(13)4-3-5-9(11)14/h3-5H,6-7,15H2,1-2H3. The van der Waals surface area contributed by atoms with Crippen molar-refractivity contribution in [1.29, 1.82) is 0 Å². The molecule has 17 heavy (non-hydrogen) atoms. The average Bonchev–Trinajstić information content (AvgIpc) is 2.28. The minimum absolute atomic E-state index is 0.0556. The summed E-state index contributed by atoms with van der Waals surface area (Å²) >= 11 is 0. The lowest BCUT2D eigenvalue weighted by molar-refractivity contribution is -0.142. The maximum atomic E-state index is 13.6. The van der Waals surface area contributed by atoms with E-state index in [2.05, 4.69) is 4.74 Å². The number of benzene rings is 1. The molecule has 0 amide bonds. The van der Waals surface area contributed by atoms with Gasteiger partial charge in [-0.3, -0.25) is 4.79 Å². The molecule has 94 valence electrons. The number of hydrogen-bond acceptors (Lipinski definition) is 3. The van der Waals surface area contributed by atoms with E-state index in [1.54, 1.807) is 0 Å². The van der Waals surface area contributed by atoms with Crippen molar-refractivity contribution >= 4 is 5.97 Å². The summed E-state index contributed by atoms with van der Waals surface area (Å²) in [6.45, 7) is 1.48.